The molecule has 2 rings (SSSR count). The summed E-state index contributed by atoms with van der Waals surface area (Å²) in [6.45, 7) is 26.6. The third-order valence-corrected chi connectivity index (χ3v) is 5.03. The molecule has 2 aliphatic rings. The molecular weight excluding hydrogens is 294 g/mol. The van der Waals surface area contributed by atoms with Crippen LogP contribution in [0.25, 0.3) is 0 Å². The van der Waals surface area contributed by atoms with E-state index in [4.69, 9.17) is 0 Å². The summed E-state index contributed by atoms with van der Waals surface area (Å²) in [5, 5.41) is 0. The van der Waals surface area contributed by atoms with E-state index in [1.54, 1.807) is 0 Å². The lowest BCUT2D eigenvalue weighted by atomic mass is 9.95. The van der Waals surface area contributed by atoms with Gasteiger partial charge in [-0.3, -0.25) is 4.90 Å². The molecule has 2 aliphatic heterocycles. The predicted molar refractivity (Wildman–Crippen MR) is 110 cm³/mol. The Morgan fingerprint density at radius 2 is 1.08 bits per heavy atom. The van der Waals surface area contributed by atoms with Crippen molar-refractivity contribution in [1.29, 1.82) is 0 Å². The van der Waals surface area contributed by atoms with Crippen molar-refractivity contribution in [2.45, 2.75) is 86.7 Å². The van der Waals surface area contributed by atoms with Gasteiger partial charge in [-0.1, -0.05) is 34.1 Å². The van der Waals surface area contributed by atoms with Gasteiger partial charge in [0.05, 0.1) is 0 Å². The van der Waals surface area contributed by atoms with Crippen molar-refractivity contribution in [3.05, 3.63) is 0 Å². The Morgan fingerprint density at radius 1 is 0.708 bits per heavy atom. The first-order valence-electron chi connectivity index (χ1n) is 10.7. The molecule has 2 fully saturated rings. The first-order chi connectivity index (χ1) is 11.5. The zero-order chi connectivity index (χ0) is 18.5. The zero-order valence-electron chi connectivity index (χ0n) is 18.1. The van der Waals surface area contributed by atoms with E-state index in [0.29, 0.717) is 0 Å². The standard InChI is InChI=1S/C16H33N3.C3H8.C2H6/c1-14(2)18-7-5-16(6-8-18)13-17-9-11-19(12-10-17)15(3)4;1-3-2;1-2/h14-16H,5-13H2,1-4H3;3H2,1-2H3;1-2H3. The molecule has 0 aromatic rings. The number of hydrogen-bond donors (Lipinski definition) is 0. The fourth-order valence-electron chi connectivity index (χ4n) is 3.48. The van der Waals surface area contributed by atoms with Gasteiger partial charge in [0.2, 0.25) is 0 Å². The summed E-state index contributed by atoms with van der Waals surface area (Å²) >= 11 is 0. The number of piperidine rings is 1. The van der Waals surface area contributed by atoms with Gasteiger partial charge in [0.25, 0.3) is 0 Å². The van der Waals surface area contributed by atoms with Crippen molar-refractivity contribution in [3.8, 4) is 0 Å². The van der Waals surface area contributed by atoms with Gasteiger partial charge in [0.1, 0.15) is 0 Å². The Balaban J connectivity index is 0.000000952. The van der Waals surface area contributed by atoms with Gasteiger partial charge < -0.3 is 9.80 Å². The first kappa shape index (κ1) is 23.9. The molecule has 0 atom stereocenters. The third-order valence-electron chi connectivity index (χ3n) is 5.03. The summed E-state index contributed by atoms with van der Waals surface area (Å²) in [5.74, 6) is 0.945. The molecule has 0 aromatic carbocycles. The Morgan fingerprint density at radius 3 is 1.46 bits per heavy atom. The second-order valence-electron chi connectivity index (χ2n) is 7.71. The van der Waals surface area contributed by atoms with Crippen molar-refractivity contribution in [3.63, 3.8) is 0 Å². The number of likely N-dealkylation sites (tertiary alicyclic amines) is 1. The van der Waals surface area contributed by atoms with Crippen LogP contribution < -0.4 is 0 Å². The summed E-state index contributed by atoms with van der Waals surface area (Å²) in [4.78, 5) is 7.94. The highest BCUT2D eigenvalue weighted by Crippen LogP contribution is 2.20. The Bertz CT molecular complexity index is 236. The van der Waals surface area contributed by atoms with Crippen LogP contribution in [0.3, 0.4) is 0 Å². The molecule has 0 saturated carbocycles. The number of hydrogen-bond acceptors (Lipinski definition) is 3. The molecule has 3 heteroatoms. The lowest BCUT2D eigenvalue weighted by Crippen LogP contribution is -2.50. The van der Waals surface area contributed by atoms with Crippen molar-refractivity contribution >= 4 is 0 Å². The summed E-state index contributed by atoms with van der Waals surface area (Å²) in [6.07, 6.45) is 4.06. The molecule has 0 unspecified atom stereocenters. The molecule has 0 aromatic heterocycles. The van der Waals surface area contributed by atoms with Gasteiger partial charge in [-0.2, -0.15) is 0 Å². The molecule has 146 valence electrons. The van der Waals surface area contributed by atoms with Crippen LogP contribution in [0.2, 0.25) is 0 Å². The highest BCUT2D eigenvalue weighted by molar-refractivity contribution is 4.80. The molecule has 0 aliphatic carbocycles. The monoisotopic (exact) mass is 341 g/mol. The normalized spacial score (nSPS) is 21.2. The highest BCUT2D eigenvalue weighted by Gasteiger charge is 2.25. The Kier molecular flexibility index (Phi) is 14.0. The lowest BCUT2D eigenvalue weighted by molar-refractivity contribution is 0.0758. The number of rotatable bonds is 4. The van der Waals surface area contributed by atoms with Crippen molar-refractivity contribution < 1.29 is 0 Å². The fraction of sp³-hybridized carbons (Fsp3) is 1.00. The highest BCUT2D eigenvalue weighted by atomic mass is 15.3. The van der Waals surface area contributed by atoms with Crippen LogP contribution in [0.15, 0.2) is 0 Å². The minimum absolute atomic E-state index is 0.719. The van der Waals surface area contributed by atoms with Crippen LogP contribution in [0, 0.1) is 5.92 Å². The average Bonchev–Trinajstić information content (AvgIpc) is 2.58. The third kappa shape index (κ3) is 9.39. The van der Waals surface area contributed by atoms with Crippen LogP contribution in [0.1, 0.15) is 74.7 Å². The van der Waals surface area contributed by atoms with E-state index < -0.39 is 0 Å². The summed E-state index contributed by atoms with van der Waals surface area (Å²) in [6, 6.07) is 1.45. The van der Waals surface area contributed by atoms with E-state index in [1.165, 1.54) is 65.1 Å². The first-order valence-corrected chi connectivity index (χ1v) is 10.7. The minimum Gasteiger partial charge on any atom is -0.301 e. The van der Waals surface area contributed by atoms with Crippen molar-refractivity contribution in [2.75, 3.05) is 45.8 Å². The molecule has 0 bridgehead atoms. The van der Waals surface area contributed by atoms with Crippen LogP contribution in [-0.2, 0) is 0 Å². The average molecular weight is 342 g/mol. The molecule has 0 amide bonds. The van der Waals surface area contributed by atoms with Crippen LogP contribution >= 0.6 is 0 Å². The maximum absolute atomic E-state index is 2.70. The molecule has 0 spiro atoms. The van der Waals surface area contributed by atoms with Crippen molar-refractivity contribution in [1.82, 2.24) is 14.7 Å². The largest absolute Gasteiger partial charge is 0.301 e. The van der Waals surface area contributed by atoms with Gasteiger partial charge in [-0.15, -0.1) is 0 Å². The number of nitrogens with zero attached hydrogens (tertiary/aromatic N) is 3. The maximum Gasteiger partial charge on any atom is 0.0113 e. The van der Waals surface area contributed by atoms with Gasteiger partial charge in [-0.05, 0) is 59.5 Å². The fourth-order valence-corrected chi connectivity index (χ4v) is 3.48. The van der Waals surface area contributed by atoms with Crippen LogP contribution in [0.4, 0.5) is 0 Å². The van der Waals surface area contributed by atoms with E-state index >= 15 is 0 Å². The Labute approximate surface area is 153 Å². The predicted octanol–water partition coefficient (Wildman–Crippen LogP) is 4.58. The van der Waals surface area contributed by atoms with E-state index in [0.717, 1.165) is 18.0 Å². The van der Waals surface area contributed by atoms with Gasteiger partial charge in [0, 0.05) is 44.8 Å². The second-order valence-corrected chi connectivity index (χ2v) is 7.71. The molecule has 0 N–H and O–H groups in total. The van der Waals surface area contributed by atoms with E-state index in [9.17, 15) is 0 Å². The second kappa shape index (κ2) is 14.1. The van der Waals surface area contributed by atoms with Gasteiger partial charge in [0.15, 0.2) is 0 Å². The summed E-state index contributed by atoms with van der Waals surface area (Å²) in [7, 11) is 0. The van der Waals surface area contributed by atoms with Gasteiger partial charge in [-0.25, -0.2) is 0 Å². The molecule has 24 heavy (non-hydrogen) atoms. The van der Waals surface area contributed by atoms with Crippen LogP contribution in [0.5, 0.6) is 0 Å². The molecule has 2 heterocycles. The van der Waals surface area contributed by atoms with E-state index in [-0.39, 0.29) is 0 Å². The number of piperazine rings is 1. The van der Waals surface area contributed by atoms with E-state index in [1.807, 2.05) is 13.8 Å². The smallest absolute Gasteiger partial charge is 0.0113 e. The van der Waals surface area contributed by atoms with E-state index in [2.05, 4.69) is 56.2 Å². The summed E-state index contributed by atoms with van der Waals surface area (Å²) in [5.41, 5.74) is 0. The molecule has 0 radical (unpaired) electrons. The minimum atomic E-state index is 0.719. The zero-order valence-corrected chi connectivity index (χ0v) is 18.1. The topological polar surface area (TPSA) is 9.72 Å². The SMILES string of the molecule is CC.CC(C)N1CCC(CN2CCN(C(C)C)CC2)CC1.CCC. The van der Waals surface area contributed by atoms with Crippen LogP contribution in [-0.4, -0.2) is 72.6 Å². The maximum atomic E-state index is 2.70. The lowest BCUT2D eigenvalue weighted by Gasteiger charge is -2.40. The quantitative estimate of drug-likeness (QED) is 0.741. The molecule has 2 saturated heterocycles. The van der Waals surface area contributed by atoms with Gasteiger partial charge >= 0.3 is 0 Å². The summed E-state index contributed by atoms with van der Waals surface area (Å²) < 4.78 is 0. The van der Waals surface area contributed by atoms with Crippen molar-refractivity contribution in [2.24, 2.45) is 5.92 Å². The molecular formula is C21H47N3. The Hall–Kier alpha value is -0.120. The molecule has 3 nitrogen and oxygen atoms in total.